The molecule has 0 aliphatic carbocycles. The highest BCUT2D eigenvalue weighted by molar-refractivity contribution is 4.46. The van der Waals surface area contributed by atoms with Crippen molar-refractivity contribution >= 4 is 0 Å². The van der Waals surface area contributed by atoms with E-state index in [1.54, 1.807) is 6.92 Å². The minimum atomic E-state index is -0.262. The van der Waals surface area contributed by atoms with Crippen molar-refractivity contribution in [1.29, 1.82) is 0 Å². The van der Waals surface area contributed by atoms with Crippen LogP contribution in [0.5, 0.6) is 0 Å². The summed E-state index contributed by atoms with van der Waals surface area (Å²) < 4.78 is 11.4. The number of rotatable bonds is 4. The molecule has 0 saturated carbocycles. The van der Waals surface area contributed by atoms with Crippen molar-refractivity contribution in [3.63, 3.8) is 0 Å². The quantitative estimate of drug-likeness (QED) is 0.557. The fourth-order valence-electron chi connectivity index (χ4n) is 0.534. The molecule has 0 aliphatic heterocycles. The molecule has 0 rings (SSSR count). The molecule has 0 aromatic heterocycles. The highest BCUT2D eigenvalue weighted by atomic mass is 19.1. The van der Waals surface area contributed by atoms with Crippen LogP contribution >= 0.6 is 0 Å². The van der Waals surface area contributed by atoms with Gasteiger partial charge in [-0.05, 0) is 26.2 Å². The van der Waals surface area contributed by atoms with Gasteiger partial charge in [0.2, 0.25) is 0 Å². The monoisotopic (exact) mass is 120 g/mol. The van der Waals surface area contributed by atoms with E-state index in [2.05, 4.69) is 0 Å². The Morgan fingerprint density at radius 3 is 2.50 bits per heavy atom. The first kappa shape index (κ1) is 7.89. The summed E-state index contributed by atoms with van der Waals surface area (Å²) in [6.07, 6.45) is 1.85. The zero-order valence-corrected chi connectivity index (χ0v) is 5.23. The predicted molar refractivity (Wildman–Crippen MR) is 31.5 cm³/mol. The number of hydrogen-bond donors (Lipinski definition) is 1. The number of halogens is 1. The molecule has 0 aromatic rings. The standard InChI is InChI=1S/C6H13FO/c1-6(8)4-2-3-5-7/h6,8H,2-5H2,1H3/t6-/m0/s1. The molecule has 0 radical (unpaired) electrons. The van der Waals surface area contributed by atoms with E-state index in [1.165, 1.54) is 0 Å². The van der Waals surface area contributed by atoms with Crippen LogP contribution < -0.4 is 0 Å². The van der Waals surface area contributed by atoms with Crippen LogP contribution in [-0.4, -0.2) is 17.9 Å². The van der Waals surface area contributed by atoms with Crippen molar-refractivity contribution in [3.05, 3.63) is 0 Å². The maximum atomic E-state index is 11.4. The van der Waals surface area contributed by atoms with Gasteiger partial charge in [-0.25, -0.2) is 0 Å². The smallest absolute Gasteiger partial charge is 0.0894 e. The van der Waals surface area contributed by atoms with Crippen LogP contribution in [-0.2, 0) is 0 Å². The van der Waals surface area contributed by atoms with Gasteiger partial charge in [0.1, 0.15) is 0 Å². The fraction of sp³-hybridized carbons (Fsp3) is 1.00. The van der Waals surface area contributed by atoms with Gasteiger partial charge >= 0.3 is 0 Å². The van der Waals surface area contributed by atoms with E-state index >= 15 is 0 Å². The summed E-state index contributed by atoms with van der Waals surface area (Å²) in [5.74, 6) is 0. The normalized spacial score (nSPS) is 13.9. The Bertz CT molecular complexity index is 45.8. The average molecular weight is 120 g/mol. The van der Waals surface area contributed by atoms with Crippen molar-refractivity contribution in [1.82, 2.24) is 0 Å². The van der Waals surface area contributed by atoms with Gasteiger partial charge in [0, 0.05) is 0 Å². The van der Waals surface area contributed by atoms with Crippen LogP contribution in [0.25, 0.3) is 0 Å². The van der Waals surface area contributed by atoms with E-state index in [-0.39, 0.29) is 12.8 Å². The maximum Gasteiger partial charge on any atom is 0.0894 e. The molecule has 0 fully saturated rings. The molecular weight excluding hydrogens is 107 g/mol. The highest BCUT2D eigenvalue weighted by Gasteiger charge is 1.93. The zero-order valence-electron chi connectivity index (χ0n) is 5.23. The third-order valence-electron chi connectivity index (χ3n) is 1.01. The van der Waals surface area contributed by atoms with E-state index in [9.17, 15) is 4.39 Å². The molecule has 0 saturated heterocycles. The lowest BCUT2D eigenvalue weighted by Crippen LogP contribution is -1.98. The molecule has 1 nitrogen and oxygen atoms in total. The van der Waals surface area contributed by atoms with E-state index in [4.69, 9.17) is 5.11 Å². The van der Waals surface area contributed by atoms with Crippen molar-refractivity contribution in [3.8, 4) is 0 Å². The number of alkyl halides is 1. The van der Waals surface area contributed by atoms with E-state index in [0.717, 1.165) is 12.8 Å². The Morgan fingerprint density at radius 1 is 1.50 bits per heavy atom. The molecule has 1 atom stereocenters. The van der Waals surface area contributed by atoms with E-state index in [0.29, 0.717) is 6.42 Å². The van der Waals surface area contributed by atoms with Crippen molar-refractivity contribution < 1.29 is 9.50 Å². The molecule has 0 heterocycles. The number of aliphatic hydroxyl groups excluding tert-OH is 1. The first-order valence-electron chi connectivity index (χ1n) is 3.01. The van der Waals surface area contributed by atoms with Gasteiger partial charge < -0.3 is 5.11 Å². The SMILES string of the molecule is C[C@H](O)CCCCF. The van der Waals surface area contributed by atoms with Crippen LogP contribution in [0.1, 0.15) is 26.2 Å². The van der Waals surface area contributed by atoms with E-state index in [1.807, 2.05) is 0 Å². The lowest BCUT2D eigenvalue weighted by molar-refractivity contribution is 0.179. The fourth-order valence-corrected chi connectivity index (χ4v) is 0.534. The highest BCUT2D eigenvalue weighted by Crippen LogP contribution is 1.98. The molecule has 0 aromatic carbocycles. The van der Waals surface area contributed by atoms with Crippen molar-refractivity contribution in [2.75, 3.05) is 6.67 Å². The molecule has 2 heteroatoms. The molecule has 50 valence electrons. The molecule has 0 aliphatic rings. The second kappa shape index (κ2) is 5.04. The molecule has 1 N–H and O–H groups in total. The van der Waals surface area contributed by atoms with Crippen LogP contribution in [0.2, 0.25) is 0 Å². The molecule has 0 spiro atoms. The number of hydrogen-bond acceptors (Lipinski definition) is 1. The van der Waals surface area contributed by atoms with E-state index < -0.39 is 0 Å². The Kier molecular flexibility index (Phi) is 4.97. The summed E-state index contributed by atoms with van der Waals surface area (Å²) in [4.78, 5) is 0. The van der Waals surface area contributed by atoms with Crippen LogP contribution in [0, 0.1) is 0 Å². The molecule has 0 bridgehead atoms. The van der Waals surface area contributed by atoms with Gasteiger partial charge in [-0.2, -0.15) is 0 Å². The lowest BCUT2D eigenvalue weighted by Gasteiger charge is -1.99. The van der Waals surface area contributed by atoms with Gasteiger partial charge in [-0.1, -0.05) is 0 Å². The Hall–Kier alpha value is -0.110. The Morgan fingerprint density at radius 2 is 2.12 bits per heavy atom. The molecular formula is C6H13FO. The minimum Gasteiger partial charge on any atom is -0.393 e. The summed E-state index contributed by atoms with van der Waals surface area (Å²) in [5.41, 5.74) is 0. The summed E-state index contributed by atoms with van der Waals surface area (Å²) in [7, 11) is 0. The Balaban J connectivity index is 2.72. The van der Waals surface area contributed by atoms with Gasteiger partial charge in [0.05, 0.1) is 12.8 Å². The Labute approximate surface area is 49.5 Å². The summed E-state index contributed by atoms with van der Waals surface area (Å²) in [6, 6.07) is 0. The first-order valence-corrected chi connectivity index (χ1v) is 3.01. The first-order chi connectivity index (χ1) is 3.77. The second-order valence-electron chi connectivity index (χ2n) is 2.03. The van der Waals surface area contributed by atoms with Gasteiger partial charge in [-0.15, -0.1) is 0 Å². The van der Waals surface area contributed by atoms with Gasteiger partial charge in [-0.3, -0.25) is 4.39 Å². The molecule has 0 amide bonds. The van der Waals surface area contributed by atoms with Crippen LogP contribution in [0.4, 0.5) is 4.39 Å². The van der Waals surface area contributed by atoms with Crippen LogP contribution in [0.15, 0.2) is 0 Å². The second-order valence-corrected chi connectivity index (χ2v) is 2.03. The summed E-state index contributed by atoms with van der Waals surface area (Å²) in [5, 5.41) is 8.66. The summed E-state index contributed by atoms with van der Waals surface area (Å²) >= 11 is 0. The topological polar surface area (TPSA) is 20.2 Å². The van der Waals surface area contributed by atoms with Gasteiger partial charge in [0.15, 0.2) is 0 Å². The third-order valence-corrected chi connectivity index (χ3v) is 1.01. The molecule has 8 heavy (non-hydrogen) atoms. The minimum absolute atomic E-state index is 0.257. The maximum absolute atomic E-state index is 11.4. The lowest BCUT2D eigenvalue weighted by atomic mass is 10.2. The predicted octanol–water partition coefficient (Wildman–Crippen LogP) is 1.51. The number of unbranched alkanes of at least 4 members (excludes halogenated alkanes) is 1. The van der Waals surface area contributed by atoms with Crippen molar-refractivity contribution in [2.45, 2.75) is 32.3 Å². The third kappa shape index (κ3) is 5.89. The average Bonchev–Trinajstić information content (AvgIpc) is 1.66. The summed E-state index contributed by atoms with van der Waals surface area (Å²) in [6.45, 7) is 1.46. The largest absolute Gasteiger partial charge is 0.393 e. The van der Waals surface area contributed by atoms with Gasteiger partial charge in [0.25, 0.3) is 0 Å². The number of aliphatic hydroxyl groups is 1. The van der Waals surface area contributed by atoms with Crippen molar-refractivity contribution in [2.24, 2.45) is 0 Å². The molecule has 0 unspecified atom stereocenters. The van der Waals surface area contributed by atoms with Crippen LogP contribution in [0.3, 0.4) is 0 Å². The zero-order chi connectivity index (χ0) is 6.41.